The van der Waals surface area contributed by atoms with Crippen LogP contribution >= 0.6 is 28.1 Å². The van der Waals surface area contributed by atoms with Gasteiger partial charge < -0.3 is 11.1 Å². The van der Waals surface area contributed by atoms with Gasteiger partial charge in [-0.3, -0.25) is 4.79 Å². The fraction of sp³-hybridized carbons (Fsp3) is 0.467. The smallest absolute Gasteiger partial charge is 0.227 e. The molecule has 0 aliphatic rings. The first-order valence-electron chi connectivity index (χ1n) is 6.89. The zero-order chi connectivity index (χ0) is 15.1. The summed E-state index contributed by atoms with van der Waals surface area (Å²) in [5.41, 5.74) is 7.06. The van der Waals surface area contributed by atoms with Gasteiger partial charge in [0.2, 0.25) is 5.91 Å². The van der Waals surface area contributed by atoms with Gasteiger partial charge in [0.25, 0.3) is 0 Å². The number of hydrogen-bond donors (Lipinski definition) is 2. The Balaban J connectivity index is 2.88. The molecule has 0 bridgehead atoms. The summed E-state index contributed by atoms with van der Waals surface area (Å²) in [5, 5.41) is 2.96. The Kier molecular flexibility index (Phi) is 7.16. The Morgan fingerprint density at radius 1 is 1.45 bits per heavy atom. The number of anilines is 1. The van der Waals surface area contributed by atoms with E-state index in [0.717, 1.165) is 30.2 Å². The quantitative estimate of drug-likeness (QED) is 0.718. The summed E-state index contributed by atoms with van der Waals surface area (Å²) in [7, 11) is 0. The number of nitrogens with two attached hydrogens (primary N) is 1. The van der Waals surface area contributed by atoms with Gasteiger partial charge in [0, 0.05) is 16.0 Å². The molecule has 1 aromatic rings. The number of carbonyl (C=O) groups excluding carboxylic acids is 1. The topological polar surface area (TPSA) is 55.1 Å². The van der Waals surface area contributed by atoms with E-state index in [4.69, 9.17) is 18.0 Å². The van der Waals surface area contributed by atoms with E-state index in [1.165, 1.54) is 0 Å². The van der Waals surface area contributed by atoms with Crippen molar-refractivity contribution >= 4 is 44.7 Å². The minimum Gasteiger partial charge on any atom is -0.389 e. The third-order valence-electron chi connectivity index (χ3n) is 3.27. The van der Waals surface area contributed by atoms with Crippen molar-refractivity contribution in [2.24, 2.45) is 11.7 Å². The Morgan fingerprint density at radius 2 is 2.15 bits per heavy atom. The zero-order valence-corrected chi connectivity index (χ0v) is 14.3. The summed E-state index contributed by atoms with van der Waals surface area (Å²) in [6, 6.07) is 5.51. The molecule has 0 fully saturated rings. The molecule has 0 heterocycles. The molecule has 0 saturated heterocycles. The van der Waals surface area contributed by atoms with Gasteiger partial charge >= 0.3 is 0 Å². The Morgan fingerprint density at radius 3 is 2.70 bits per heavy atom. The second kappa shape index (κ2) is 8.37. The molecule has 0 aliphatic heterocycles. The average molecular weight is 357 g/mol. The number of rotatable bonds is 7. The molecule has 1 amide bonds. The van der Waals surface area contributed by atoms with Crippen molar-refractivity contribution in [1.82, 2.24) is 0 Å². The highest BCUT2D eigenvalue weighted by molar-refractivity contribution is 9.10. The second-order valence-corrected chi connectivity index (χ2v) is 6.15. The molecule has 0 aliphatic carbocycles. The van der Waals surface area contributed by atoms with Crippen molar-refractivity contribution in [3.63, 3.8) is 0 Å². The lowest BCUT2D eigenvalue weighted by molar-refractivity contribution is -0.120. The van der Waals surface area contributed by atoms with E-state index in [9.17, 15) is 4.79 Å². The average Bonchev–Trinajstić information content (AvgIpc) is 2.39. The molecule has 20 heavy (non-hydrogen) atoms. The van der Waals surface area contributed by atoms with E-state index in [0.29, 0.717) is 11.3 Å². The van der Waals surface area contributed by atoms with E-state index in [-0.39, 0.29) is 16.8 Å². The fourth-order valence-electron chi connectivity index (χ4n) is 2.04. The van der Waals surface area contributed by atoms with Gasteiger partial charge in [-0.15, -0.1) is 0 Å². The predicted molar refractivity (Wildman–Crippen MR) is 92.0 cm³/mol. The number of nitrogens with one attached hydrogen (secondary N) is 1. The number of amides is 1. The van der Waals surface area contributed by atoms with Gasteiger partial charge in [0.05, 0.1) is 5.69 Å². The van der Waals surface area contributed by atoms with Gasteiger partial charge in [0.1, 0.15) is 4.99 Å². The lowest BCUT2D eigenvalue weighted by atomic mass is 9.98. The Hall–Kier alpha value is -0.940. The summed E-state index contributed by atoms with van der Waals surface area (Å²) < 4.78 is 0.884. The van der Waals surface area contributed by atoms with Gasteiger partial charge in [-0.1, -0.05) is 54.8 Å². The molecule has 0 saturated carbocycles. The number of thiocarbonyl (C=S) groups is 1. The van der Waals surface area contributed by atoms with Crippen LogP contribution in [0.1, 0.15) is 45.1 Å². The van der Waals surface area contributed by atoms with Crippen LogP contribution in [0.5, 0.6) is 0 Å². The van der Waals surface area contributed by atoms with Crippen LogP contribution in [0.15, 0.2) is 22.7 Å². The summed E-state index contributed by atoms with van der Waals surface area (Å²) in [6.45, 7) is 4.17. The zero-order valence-electron chi connectivity index (χ0n) is 11.9. The molecule has 0 spiro atoms. The van der Waals surface area contributed by atoms with Crippen LogP contribution in [0.3, 0.4) is 0 Å². The van der Waals surface area contributed by atoms with Crippen LogP contribution in [0.4, 0.5) is 5.69 Å². The molecule has 1 unspecified atom stereocenters. The maximum atomic E-state index is 12.3. The maximum absolute atomic E-state index is 12.3. The first kappa shape index (κ1) is 17.1. The van der Waals surface area contributed by atoms with Gasteiger partial charge in [-0.25, -0.2) is 0 Å². The second-order valence-electron chi connectivity index (χ2n) is 4.79. The first-order chi connectivity index (χ1) is 9.49. The third-order valence-corrected chi connectivity index (χ3v) is 3.99. The van der Waals surface area contributed by atoms with Crippen molar-refractivity contribution in [3.8, 4) is 0 Å². The van der Waals surface area contributed by atoms with Crippen LogP contribution in [-0.2, 0) is 4.79 Å². The summed E-state index contributed by atoms with van der Waals surface area (Å²) in [6.07, 6.45) is 3.91. The van der Waals surface area contributed by atoms with Gasteiger partial charge in [-0.2, -0.15) is 0 Å². The lowest BCUT2D eigenvalue weighted by Crippen LogP contribution is -2.24. The van der Waals surface area contributed by atoms with E-state index >= 15 is 0 Å². The minimum atomic E-state index is 0.0353. The number of unbranched alkanes of at least 4 members (excludes halogenated alkanes) is 1. The van der Waals surface area contributed by atoms with Crippen LogP contribution in [0, 0.1) is 5.92 Å². The molecule has 0 aromatic heterocycles. The Labute approximate surface area is 134 Å². The van der Waals surface area contributed by atoms with E-state index < -0.39 is 0 Å². The van der Waals surface area contributed by atoms with E-state index in [1.54, 1.807) is 0 Å². The van der Waals surface area contributed by atoms with Gasteiger partial charge in [0.15, 0.2) is 0 Å². The number of hydrogen-bond acceptors (Lipinski definition) is 2. The largest absolute Gasteiger partial charge is 0.389 e. The molecule has 3 N–H and O–H groups in total. The highest BCUT2D eigenvalue weighted by Gasteiger charge is 2.17. The number of carbonyl (C=O) groups is 1. The van der Waals surface area contributed by atoms with Crippen molar-refractivity contribution in [2.75, 3.05) is 5.32 Å². The van der Waals surface area contributed by atoms with Crippen molar-refractivity contribution in [3.05, 3.63) is 28.2 Å². The normalized spacial score (nSPS) is 11.9. The van der Waals surface area contributed by atoms with Gasteiger partial charge in [-0.05, 0) is 31.0 Å². The highest BCUT2D eigenvalue weighted by Crippen LogP contribution is 2.23. The number of halogens is 1. The molecule has 0 radical (unpaired) electrons. The standard InChI is InChI=1S/C15H21BrN2OS/c1-3-5-6-10(4-2)15(19)18-13-9-11(16)7-8-12(13)14(17)20/h7-10H,3-6H2,1-2H3,(H2,17,20)(H,18,19). The van der Waals surface area contributed by atoms with E-state index in [2.05, 4.69) is 28.2 Å². The molecular formula is C15H21BrN2OS. The Bertz CT molecular complexity index is 491. The molecule has 1 atom stereocenters. The summed E-state index contributed by atoms with van der Waals surface area (Å²) in [4.78, 5) is 12.6. The van der Waals surface area contributed by atoms with Crippen LogP contribution in [0.25, 0.3) is 0 Å². The third kappa shape index (κ3) is 4.87. The molecule has 1 rings (SSSR count). The molecule has 5 heteroatoms. The minimum absolute atomic E-state index is 0.0353. The summed E-state index contributed by atoms with van der Waals surface area (Å²) >= 11 is 8.42. The predicted octanol–water partition coefficient (Wildman–Crippen LogP) is 4.24. The first-order valence-corrected chi connectivity index (χ1v) is 8.09. The molecular weight excluding hydrogens is 336 g/mol. The SMILES string of the molecule is CCCCC(CC)C(=O)Nc1cc(Br)ccc1C(N)=S. The molecule has 110 valence electrons. The maximum Gasteiger partial charge on any atom is 0.227 e. The monoisotopic (exact) mass is 356 g/mol. The highest BCUT2D eigenvalue weighted by atomic mass is 79.9. The lowest BCUT2D eigenvalue weighted by Gasteiger charge is -2.16. The van der Waals surface area contributed by atoms with Crippen LogP contribution in [-0.4, -0.2) is 10.9 Å². The molecule has 3 nitrogen and oxygen atoms in total. The van der Waals surface area contributed by atoms with Crippen molar-refractivity contribution in [1.29, 1.82) is 0 Å². The van der Waals surface area contributed by atoms with E-state index in [1.807, 2.05) is 25.1 Å². The van der Waals surface area contributed by atoms with Crippen molar-refractivity contribution < 1.29 is 4.79 Å². The number of benzene rings is 1. The van der Waals surface area contributed by atoms with Crippen molar-refractivity contribution in [2.45, 2.75) is 39.5 Å². The fourth-order valence-corrected chi connectivity index (χ4v) is 2.58. The van der Waals surface area contributed by atoms with Crippen LogP contribution in [0.2, 0.25) is 0 Å². The molecule has 1 aromatic carbocycles. The van der Waals surface area contributed by atoms with Crippen LogP contribution < -0.4 is 11.1 Å². The summed E-state index contributed by atoms with van der Waals surface area (Å²) in [5.74, 6) is 0.0738.